The van der Waals surface area contributed by atoms with E-state index in [1.54, 1.807) is 6.08 Å². The van der Waals surface area contributed by atoms with Gasteiger partial charge in [0.1, 0.15) is 0 Å². The molecule has 0 spiro atoms. The van der Waals surface area contributed by atoms with Crippen molar-refractivity contribution < 1.29 is 50.8 Å². The van der Waals surface area contributed by atoms with E-state index in [1.807, 2.05) is 13.0 Å². The number of alkyl halides is 7. The third kappa shape index (κ3) is 5.54. The van der Waals surface area contributed by atoms with Crippen molar-refractivity contribution in [2.24, 2.45) is 28.6 Å². The fourth-order valence-electron chi connectivity index (χ4n) is 7.63. The van der Waals surface area contributed by atoms with Crippen molar-refractivity contribution in [3.63, 3.8) is 0 Å². The standard InChI is InChI=1S/C31H39F7O4/c1-17(6-11-25(41)28(13-14-28)26(42)29(32,33)30(34,35)31(36,37)38)22-9-10-23-19(5-4-12-27(22,23)3)7-8-20-15-21(39)16-24(40)18(20)2/h6-8,11,17,21-25,39-41H,2,4-5,9-10,12-16H2,1,3H3/b11-6+,19-7+,20-8-/t17-,21-,22-,23+,24+,25-,27-/m1/s1. The maximum Gasteiger partial charge on any atom is 0.460 e. The Morgan fingerprint density at radius 2 is 1.67 bits per heavy atom. The van der Waals surface area contributed by atoms with E-state index < -0.39 is 60.4 Å². The molecule has 4 rings (SSSR count). The Hall–Kier alpha value is -1.98. The second kappa shape index (κ2) is 11.2. The number of allylic oxidation sites excluding steroid dienone is 4. The molecule has 4 nitrogen and oxygen atoms in total. The van der Waals surface area contributed by atoms with Gasteiger partial charge in [-0.15, -0.1) is 0 Å². The monoisotopic (exact) mass is 608 g/mol. The van der Waals surface area contributed by atoms with Gasteiger partial charge < -0.3 is 15.3 Å². The molecule has 0 aromatic heterocycles. The Bertz CT molecular complexity index is 1170. The summed E-state index contributed by atoms with van der Waals surface area (Å²) in [6.07, 6.45) is 0.943. The predicted molar refractivity (Wildman–Crippen MR) is 142 cm³/mol. The molecule has 236 valence electrons. The molecule has 0 heterocycles. The number of Topliss-reactive ketones (excluding diaryl/α,β-unsaturated/α-hetero) is 1. The maximum atomic E-state index is 14.2. The van der Waals surface area contributed by atoms with Crippen LogP contribution in [0.3, 0.4) is 0 Å². The Balaban J connectivity index is 1.48. The first-order valence-corrected chi connectivity index (χ1v) is 14.5. The Kier molecular flexibility index (Phi) is 8.77. The molecule has 7 atom stereocenters. The minimum Gasteiger partial charge on any atom is -0.393 e. The summed E-state index contributed by atoms with van der Waals surface area (Å²) in [5.74, 6) is -15.0. The number of carbonyl (C=O) groups is 1. The predicted octanol–water partition coefficient (Wildman–Crippen LogP) is 6.86. The van der Waals surface area contributed by atoms with Gasteiger partial charge in [0.25, 0.3) is 0 Å². The third-order valence-electron chi connectivity index (χ3n) is 10.4. The molecule has 4 fully saturated rings. The zero-order valence-electron chi connectivity index (χ0n) is 23.7. The molecule has 4 saturated carbocycles. The third-order valence-corrected chi connectivity index (χ3v) is 10.4. The highest BCUT2D eigenvalue weighted by atomic mass is 19.4. The first-order chi connectivity index (χ1) is 19.3. The molecule has 0 aromatic carbocycles. The number of halogens is 7. The SMILES string of the molecule is C=C1/C(=C\C=C2/CCC[C@]3(C)[C@@H]([C@H](C)/C=C/[C@@H](O)C4(C(=O)C(F)(F)C(F)(F)C(F)(F)F)CC4)CC[C@@H]23)C[C@@H](O)C[C@@H]1O. The van der Waals surface area contributed by atoms with E-state index in [9.17, 15) is 50.8 Å². The molecule has 0 saturated heterocycles. The van der Waals surface area contributed by atoms with Gasteiger partial charge in [0.05, 0.1) is 23.7 Å². The molecular formula is C31H39F7O4. The Morgan fingerprint density at radius 3 is 2.26 bits per heavy atom. The summed E-state index contributed by atoms with van der Waals surface area (Å²) in [7, 11) is 0. The number of aliphatic hydroxyl groups is 3. The highest BCUT2D eigenvalue weighted by molar-refractivity contribution is 5.95. The van der Waals surface area contributed by atoms with Crippen molar-refractivity contribution >= 4 is 5.78 Å². The lowest BCUT2D eigenvalue weighted by Crippen LogP contribution is -2.59. The van der Waals surface area contributed by atoms with Gasteiger partial charge in [0, 0.05) is 6.42 Å². The van der Waals surface area contributed by atoms with Crippen LogP contribution in [0.4, 0.5) is 30.7 Å². The van der Waals surface area contributed by atoms with E-state index in [1.165, 1.54) is 5.57 Å². The van der Waals surface area contributed by atoms with Crippen molar-refractivity contribution in [2.75, 3.05) is 0 Å². The topological polar surface area (TPSA) is 77.8 Å². The Morgan fingerprint density at radius 1 is 1.02 bits per heavy atom. The highest BCUT2D eigenvalue weighted by Crippen LogP contribution is 2.60. The fraction of sp³-hybridized carbons (Fsp3) is 0.710. The lowest BCUT2D eigenvalue weighted by Gasteiger charge is -2.44. The Labute approximate surface area is 241 Å². The van der Waals surface area contributed by atoms with Gasteiger partial charge in [0.2, 0.25) is 5.78 Å². The van der Waals surface area contributed by atoms with Crippen LogP contribution in [0.25, 0.3) is 0 Å². The average molecular weight is 609 g/mol. The molecule has 4 aliphatic carbocycles. The van der Waals surface area contributed by atoms with Gasteiger partial charge in [-0.2, -0.15) is 30.7 Å². The molecule has 0 amide bonds. The smallest absolute Gasteiger partial charge is 0.393 e. The maximum absolute atomic E-state index is 14.2. The minimum atomic E-state index is -6.62. The van der Waals surface area contributed by atoms with Crippen LogP contribution in [0, 0.1) is 28.6 Å². The summed E-state index contributed by atoms with van der Waals surface area (Å²) in [6, 6.07) is 0. The van der Waals surface area contributed by atoms with Crippen molar-refractivity contribution in [3.8, 4) is 0 Å². The van der Waals surface area contributed by atoms with Gasteiger partial charge in [-0.05, 0) is 85.7 Å². The molecule has 42 heavy (non-hydrogen) atoms. The highest BCUT2D eigenvalue weighted by Gasteiger charge is 2.79. The largest absolute Gasteiger partial charge is 0.460 e. The van der Waals surface area contributed by atoms with E-state index in [0.717, 1.165) is 43.8 Å². The van der Waals surface area contributed by atoms with Gasteiger partial charge >= 0.3 is 18.0 Å². The normalized spacial score (nSPS) is 35.5. The summed E-state index contributed by atoms with van der Waals surface area (Å²) in [4.78, 5) is 12.3. The fourth-order valence-corrected chi connectivity index (χ4v) is 7.63. The van der Waals surface area contributed by atoms with Gasteiger partial charge in [0.15, 0.2) is 0 Å². The van der Waals surface area contributed by atoms with Crippen LogP contribution in [0.5, 0.6) is 0 Å². The van der Waals surface area contributed by atoms with E-state index >= 15 is 0 Å². The molecule has 0 bridgehead atoms. The number of fused-ring (bicyclic) bond motifs is 1. The van der Waals surface area contributed by atoms with Gasteiger partial charge in [-0.3, -0.25) is 4.79 Å². The van der Waals surface area contributed by atoms with Crippen LogP contribution in [0.15, 0.2) is 47.6 Å². The summed E-state index contributed by atoms with van der Waals surface area (Å²) in [6.45, 7) is 8.01. The van der Waals surface area contributed by atoms with Crippen LogP contribution in [0.2, 0.25) is 0 Å². The minimum absolute atomic E-state index is 0.109. The molecular weight excluding hydrogens is 569 g/mol. The summed E-state index contributed by atoms with van der Waals surface area (Å²) in [5.41, 5.74) is 0.129. The van der Waals surface area contributed by atoms with Crippen LogP contribution in [-0.4, -0.2) is 57.4 Å². The first-order valence-electron chi connectivity index (χ1n) is 14.5. The second-order valence-electron chi connectivity index (χ2n) is 13.0. The van der Waals surface area contributed by atoms with Crippen molar-refractivity contribution in [1.82, 2.24) is 0 Å². The number of carbonyl (C=O) groups excluding carboxylic acids is 1. The summed E-state index contributed by atoms with van der Waals surface area (Å²) < 4.78 is 93.2. The quantitative estimate of drug-likeness (QED) is 0.208. The van der Waals surface area contributed by atoms with Crippen LogP contribution < -0.4 is 0 Å². The van der Waals surface area contributed by atoms with Gasteiger partial charge in [-0.1, -0.05) is 50.3 Å². The lowest BCUT2D eigenvalue weighted by atomic mass is 9.61. The first kappa shape index (κ1) is 32.9. The average Bonchev–Trinajstić information content (AvgIpc) is 3.62. The van der Waals surface area contributed by atoms with Crippen LogP contribution >= 0.6 is 0 Å². The van der Waals surface area contributed by atoms with Crippen molar-refractivity contribution in [3.05, 3.63) is 47.6 Å². The molecule has 0 radical (unpaired) electrons. The number of aliphatic hydroxyl groups excluding tert-OH is 3. The van der Waals surface area contributed by atoms with Crippen molar-refractivity contribution in [2.45, 2.75) is 108 Å². The summed E-state index contributed by atoms with van der Waals surface area (Å²) >= 11 is 0. The lowest BCUT2D eigenvalue weighted by molar-refractivity contribution is -0.344. The molecule has 0 aliphatic heterocycles. The zero-order valence-corrected chi connectivity index (χ0v) is 23.7. The van der Waals surface area contributed by atoms with E-state index in [4.69, 9.17) is 0 Å². The van der Waals surface area contributed by atoms with Crippen LogP contribution in [-0.2, 0) is 4.79 Å². The number of ketones is 1. The molecule has 0 unspecified atom stereocenters. The molecule has 0 aromatic rings. The van der Waals surface area contributed by atoms with Gasteiger partial charge in [-0.25, -0.2) is 0 Å². The number of hydrogen-bond acceptors (Lipinski definition) is 4. The number of hydrogen-bond donors (Lipinski definition) is 3. The summed E-state index contributed by atoms with van der Waals surface area (Å²) in [5, 5.41) is 30.8. The van der Waals surface area contributed by atoms with E-state index in [2.05, 4.69) is 19.6 Å². The molecule has 11 heteroatoms. The van der Waals surface area contributed by atoms with E-state index in [-0.39, 0.29) is 29.6 Å². The van der Waals surface area contributed by atoms with E-state index in [0.29, 0.717) is 12.0 Å². The van der Waals surface area contributed by atoms with Crippen LogP contribution in [0.1, 0.15) is 71.6 Å². The van der Waals surface area contributed by atoms with Crippen molar-refractivity contribution in [1.29, 1.82) is 0 Å². The number of rotatable bonds is 8. The zero-order chi connectivity index (χ0) is 31.5. The molecule has 4 aliphatic rings. The molecule has 3 N–H and O–H groups in total. The second-order valence-corrected chi connectivity index (χ2v) is 13.0.